The van der Waals surface area contributed by atoms with Gasteiger partial charge in [0.1, 0.15) is 0 Å². The molecule has 158 valence electrons. The van der Waals surface area contributed by atoms with Crippen molar-refractivity contribution in [2.45, 2.75) is 48.7 Å². The van der Waals surface area contributed by atoms with Gasteiger partial charge in [-0.15, -0.1) is 10.2 Å². The zero-order valence-electron chi connectivity index (χ0n) is 16.5. The van der Waals surface area contributed by atoms with Crippen LogP contribution in [0.25, 0.3) is 22.3 Å². The van der Waals surface area contributed by atoms with Crippen LogP contribution in [-0.2, 0) is 14.6 Å². The fraction of sp³-hybridized carbons (Fsp3) is 0.450. The van der Waals surface area contributed by atoms with Gasteiger partial charge in [-0.3, -0.25) is 9.36 Å². The smallest absolute Gasteiger partial charge is 0.233 e. The first-order valence-electron chi connectivity index (χ1n) is 10.1. The second-order valence-corrected chi connectivity index (χ2v) is 11.6. The molecule has 1 aliphatic carbocycles. The number of para-hydroxylation sites is 1. The minimum Gasteiger partial charge on any atom is -0.360 e. The molecule has 1 aromatic carbocycles. The maximum Gasteiger partial charge on any atom is 0.233 e. The van der Waals surface area contributed by atoms with Crippen molar-refractivity contribution in [3.05, 3.63) is 30.5 Å². The monoisotopic (exact) mass is 445 g/mol. The van der Waals surface area contributed by atoms with Gasteiger partial charge in [-0.1, -0.05) is 30.0 Å². The molecule has 1 saturated carbocycles. The Labute approximate surface area is 178 Å². The highest BCUT2D eigenvalue weighted by atomic mass is 32.2. The van der Waals surface area contributed by atoms with Crippen LogP contribution in [0.15, 0.2) is 35.6 Å². The van der Waals surface area contributed by atoms with E-state index in [0.717, 1.165) is 40.3 Å². The summed E-state index contributed by atoms with van der Waals surface area (Å²) in [5, 5.41) is 13.2. The van der Waals surface area contributed by atoms with Gasteiger partial charge in [-0.2, -0.15) is 0 Å². The van der Waals surface area contributed by atoms with Crippen molar-refractivity contribution in [3.8, 4) is 11.4 Å². The van der Waals surface area contributed by atoms with E-state index < -0.39 is 15.1 Å². The number of carbonyl (C=O) groups is 1. The molecular formula is C20H23N5O3S2. The van der Waals surface area contributed by atoms with Crippen LogP contribution in [0, 0.1) is 0 Å². The van der Waals surface area contributed by atoms with Crippen LogP contribution in [0.3, 0.4) is 0 Å². The molecule has 2 N–H and O–H groups in total. The van der Waals surface area contributed by atoms with Crippen LogP contribution in [0.1, 0.15) is 32.2 Å². The lowest BCUT2D eigenvalue weighted by Gasteiger charge is -2.16. The quantitative estimate of drug-likeness (QED) is 0.564. The van der Waals surface area contributed by atoms with Gasteiger partial charge in [0.05, 0.1) is 16.8 Å². The third-order valence-corrected chi connectivity index (χ3v) is 8.46. The number of aromatic amines is 1. The van der Waals surface area contributed by atoms with Gasteiger partial charge in [-0.25, -0.2) is 8.42 Å². The maximum atomic E-state index is 12.6. The lowest BCUT2D eigenvalue weighted by Crippen LogP contribution is -2.40. The Morgan fingerprint density at radius 1 is 1.27 bits per heavy atom. The van der Waals surface area contributed by atoms with Gasteiger partial charge in [0.15, 0.2) is 20.8 Å². The highest BCUT2D eigenvalue weighted by Gasteiger charge is 2.33. The number of sulfone groups is 1. The first-order chi connectivity index (χ1) is 14.4. The summed E-state index contributed by atoms with van der Waals surface area (Å²) in [6, 6.07) is 8.14. The molecule has 5 rings (SSSR count). The molecule has 1 amide bonds. The fourth-order valence-corrected chi connectivity index (χ4v) is 6.50. The standard InChI is InChI=1S/C20H23N5O3S2/c1-12(19(26)22-13-8-9-30(27,28)11-13)29-20-24-23-18(25(20)14-6-7-14)16-10-21-17-5-3-2-4-15(16)17/h2-5,10,12-14,21H,6-9,11H2,1H3,(H,22,26). The van der Waals surface area contributed by atoms with Gasteiger partial charge in [0.2, 0.25) is 5.91 Å². The minimum atomic E-state index is -3.03. The summed E-state index contributed by atoms with van der Waals surface area (Å²) in [5.74, 6) is 0.816. The molecule has 2 unspecified atom stereocenters. The molecule has 0 spiro atoms. The number of H-pyrrole nitrogens is 1. The molecule has 2 aliphatic rings. The van der Waals surface area contributed by atoms with Crippen molar-refractivity contribution in [2.24, 2.45) is 0 Å². The number of rotatable bonds is 6. The molecule has 30 heavy (non-hydrogen) atoms. The topological polar surface area (TPSA) is 110 Å². The Morgan fingerprint density at radius 2 is 2.07 bits per heavy atom. The SMILES string of the molecule is CC(Sc1nnc(-c2c[nH]c3ccccc23)n1C1CC1)C(=O)NC1CCS(=O)(=O)C1. The van der Waals surface area contributed by atoms with E-state index in [4.69, 9.17) is 0 Å². The summed E-state index contributed by atoms with van der Waals surface area (Å²) < 4.78 is 25.4. The largest absolute Gasteiger partial charge is 0.360 e. The molecule has 0 bridgehead atoms. The van der Waals surface area contributed by atoms with Crippen molar-refractivity contribution in [1.29, 1.82) is 0 Å². The van der Waals surface area contributed by atoms with E-state index in [1.165, 1.54) is 11.8 Å². The third kappa shape index (κ3) is 3.74. The molecule has 8 nitrogen and oxygen atoms in total. The number of aromatic nitrogens is 4. The summed E-state index contributed by atoms with van der Waals surface area (Å²) in [7, 11) is -3.03. The summed E-state index contributed by atoms with van der Waals surface area (Å²) in [5.41, 5.74) is 2.05. The van der Waals surface area contributed by atoms with Crippen molar-refractivity contribution >= 4 is 38.4 Å². The van der Waals surface area contributed by atoms with Gasteiger partial charge in [-0.05, 0) is 32.3 Å². The van der Waals surface area contributed by atoms with Gasteiger partial charge in [0, 0.05) is 34.7 Å². The van der Waals surface area contributed by atoms with Crippen molar-refractivity contribution in [2.75, 3.05) is 11.5 Å². The number of fused-ring (bicyclic) bond motifs is 1. The number of hydrogen-bond donors (Lipinski definition) is 2. The number of nitrogens with one attached hydrogen (secondary N) is 2. The van der Waals surface area contributed by atoms with Crippen LogP contribution in [-0.4, -0.2) is 56.9 Å². The fourth-order valence-electron chi connectivity index (χ4n) is 3.90. The minimum absolute atomic E-state index is 0.0269. The van der Waals surface area contributed by atoms with E-state index in [0.29, 0.717) is 12.5 Å². The number of thioether (sulfide) groups is 1. The summed E-state index contributed by atoms with van der Waals surface area (Å²) in [6.45, 7) is 1.82. The second kappa shape index (κ2) is 7.42. The molecular weight excluding hydrogens is 422 g/mol. The molecule has 1 saturated heterocycles. The Morgan fingerprint density at radius 3 is 2.80 bits per heavy atom. The lowest BCUT2D eigenvalue weighted by atomic mass is 10.1. The summed E-state index contributed by atoms with van der Waals surface area (Å²) >= 11 is 1.37. The zero-order valence-corrected chi connectivity index (χ0v) is 18.2. The van der Waals surface area contributed by atoms with Crippen molar-refractivity contribution in [3.63, 3.8) is 0 Å². The molecule has 3 heterocycles. The molecule has 2 fully saturated rings. The molecule has 2 aromatic heterocycles. The van der Waals surface area contributed by atoms with Crippen molar-refractivity contribution < 1.29 is 13.2 Å². The van der Waals surface area contributed by atoms with E-state index in [9.17, 15) is 13.2 Å². The van der Waals surface area contributed by atoms with Crippen LogP contribution >= 0.6 is 11.8 Å². The van der Waals surface area contributed by atoms with Crippen LogP contribution in [0.2, 0.25) is 0 Å². The van der Waals surface area contributed by atoms with Gasteiger partial charge < -0.3 is 10.3 Å². The van der Waals surface area contributed by atoms with E-state index >= 15 is 0 Å². The van der Waals surface area contributed by atoms with Gasteiger partial charge in [0.25, 0.3) is 0 Å². The molecule has 2 atom stereocenters. The van der Waals surface area contributed by atoms with Gasteiger partial charge >= 0.3 is 0 Å². The first kappa shape index (κ1) is 19.6. The number of nitrogens with zero attached hydrogens (tertiary/aromatic N) is 3. The summed E-state index contributed by atoms with van der Waals surface area (Å²) in [6.07, 6.45) is 4.58. The number of benzene rings is 1. The average molecular weight is 446 g/mol. The Balaban J connectivity index is 1.37. The van der Waals surface area contributed by atoms with E-state index in [1.54, 1.807) is 0 Å². The maximum absolute atomic E-state index is 12.6. The van der Waals surface area contributed by atoms with Crippen LogP contribution in [0.5, 0.6) is 0 Å². The number of hydrogen-bond acceptors (Lipinski definition) is 6. The predicted molar refractivity (Wildman–Crippen MR) is 116 cm³/mol. The predicted octanol–water partition coefficient (Wildman–Crippen LogP) is 2.55. The average Bonchev–Trinajstić information content (AvgIpc) is 3.17. The van der Waals surface area contributed by atoms with Crippen LogP contribution < -0.4 is 5.32 Å². The molecule has 10 heteroatoms. The lowest BCUT2D eigenvalue weighted by molar-refractivity contribution is -0.120. The van der Waals surface area contributed by atoms with Crippen LogP contribution in [0.4, 0.5) is 0 Å². The van der Waals surface area contributed by atoms with E-state index in [1.807, 2.05) is 31.3 Å². The molecule has 1 aliphatic heterocycles. The van der Waals surface area contributed by atoms with E-state index in [2.05, 4.69) is 31.1 Å². The zero-order chi connectivity index (χ0) is 20.9. The number of amides is 1. The Hall–Kier alpha value is -2.33. The molecule has 0 radical (unpaired) electrons. The first-order valence-corrected chi connectivity index (χ1v) is 12.8. The highest BCUT2D eigenvalue weighted by molar-refractivity contribution is 8.00. The van der Waals surface area contributed by atoms with Crippen molar-refractivity contribution in [1.82, 2.24) is 25.1 Å². The molecule has 3 aromatic rings. The normalized spacial score (nSPS) is 21.7. The summed E-state index contributed by atoms with van der Waals surface area (Å²) in [4.78, 5) is 15.9. The number of carbonyl (C=O) groups excluding carboxylic acids is 1. The Bertz CT molecular complexity index is 1210. The van der Waals surface area contributed by atoms with E-state index in [-0.39, 0.29) is 23.5 Å². The highest BCUT2D eigenvalue weighted by Crippen LogP contribution is 2.42. The third-order valence-electron chi connectivity index (χ3n) is 5.64. The Kier molecular flexibility index (Phi) is 4.85. The second-order valence-electron chi connectivity index (χ2n) is 8.02.